The summed E-state index contributed by atoms with van der Waals surface area (Å²) in [7, 11) is 1.55. The molecule has 1 atom stereocenters. The Labute approximate surface area is 160 Å². The Bertz CT molecular complexity index is 1130. The van der Waals surface area contributed by atoms with Gasteiger partial charge < -0.3 is 24.2 Å². The van der Waals surface area contributed by atoms with Crippen molar-refractivity contribution in [3.63, 3.8) is 0 Å². The fraction of sp³-hybridized carbons (Fsp3) is 0.250. The molecule has 0 bridgehead atoms. The summed E-state index contributed by atoms with van der Waals surface area (Å²) in [5, 5.41) is 0. The van der Waals surface area contributed by atoms with Gasteiger partial charge in [0.1, 0.15) is 28.8 Å². The lowest BCUT2D eigenvalue weighted by Gasteiger charge is -2.12. The zero-order chi connectivity index (χ0) is 19.7. The summed E-state index contributed by atoms with van der Waals surface area (Å²) in [6.07, 6.45) is 1.16. The zero-order valence-electron chi connectivity index (χ0n) is 15.6. The quantitative estimate of drug-likeness (QED) is 0.513. The lowest BCUT2D eigenvalue weighted by Crippen LogP contribution is -2.20. The van der Waals surface area contributed by atoms with Gasteiger partial charge in [-0.25, -0.2) is 14.8 Å². The van der Waals surface area contributed by atoms with Crippen LogP contribution in [-0.2, 0) is 16.0 Å². The number of nitrogen functional groups attached to an aromatic ring is 1. The summed E-state index contributed by atoms with van der Waals surface area (Å²) in [6.45, 7) is 2.36. The van der Waals surface area contributed by atoms with E-state index >= 15 is 0 Å². The largest absolute Gasteiger partial charge is 0.467 e. The monoisotopic (exact) mass is 380 g/mol. The first-order chi connectivity index (χ1) is 13.6. The van der Waals surface area contributed by atoms with Crippen molar-refractivity contribution in [2.45, 2.75) is 19.6 Å². The summed E-state index contributed by atoms with van der Waals surface area (Å²) < 4.78 is 17.7. The number of hydrogen-bond donors (Lipinski definition) is 1. The lowest BCUT2D eigenvalue weighted by molar-refractivity contribution is 0.0123. The maximum Gasteiger partial charge on any atom is 0.344 e. The van der Waals surface area contributed by atoms with Gasteiger partial charge >= 0.3 is 5.97 Å². The standard InChI is InChI=1S/C20H20N4O4/c1-12(11-26-2)28-20(25)16-17-19(23-15-8-4-3-7-14(15)22-17)24(18(16)21)10-13-6-5-9-27-13/h3-9,12H,10-11,21H2,1-2H3/t12-/m0/s1. The van der Waals surface area contributed by atoms with Gasteiger partial charge in [0.2, 0.25) is 0 Å². The first-order valence-corrected chi connectivity index (χ1v) is 8.85. The number of benzene rings is 1. The second kappa shape index (κ2) is 7.32. The van der Waals surface area contributed by atoms with Gasteiger partial charge in [-0.1, -0.05) is 12.1 Å². The number of furan rings is 1. The second-order valence-electron chi connectivity index (χ2n) is 6.48. The van der Waals surface area contributed by atoms with Crippen LogP contribution in [0.2, 0.25) is 0 Å². The van der Waals surface area contributed by atoms with Crippen LogP contribution in [0, 0.1) is 0 Å². The lowest BCUT2D eigenvalue weighted by atomic mass is 10.2. The Kier molecular flexibility index (Phi) is 4.70. The molecule has 144 valence electrons. The van der Waals surface area contributed by atoms with Gasteiger partial charge in [0.25, 0.3) is 0 Å². The van der Waals surface area contributed by atoms with Crippen LogP contribution in [0.15, 0.2) is 47.1 Å². The number of nitrogens with two attached hydrogens (primary N) is 1. The van der Waals surface area contributed by atoms with Gasteiger partial charge in [0.15, 0.2) is 5.65 Å². The number of rotatable bonds is 6. The van der Waals surface area contributed by atoms with Crippen molar-refractivity contribution in [2.75, 3.05) is 19.5 Å². The van der Waals surface area contributed by atoms with Crippen LogP contribution in [0.25, 0.3) is 22.2 Å². The highest BCUT2D eigenvalue weighted by Gasteiger charge is 2.26. The van der Waals surface area contributed by atoms with Gasteiger partial charge in [-0.15, -0.1) is 0 Å². The van der Waals surface area contributed by atoms with Crippen LogP contribution in [0.3, 0.4) is 0 Å². The fourth-order valence-electron chi connectivity index (χ4n) is 3.15. The molecule has 0 aliphatic carbocycles. The number of fused-ring (bicyclic) bond motifs is 2. The number of anilines is 1. The van der Waals surface area contributed by atoms with Gasteiger partial charge in [-0.3, -0.25) is 0 Å². The van der Waals surface area contributed by atoms with Gasteiger partial charge in [0.05, 0.1) is 30.4 Å². The van der Waals surface area contributed by atoms with Crippen molar-refractivity contribution in [2.24, 2.45) is 0 Å². The molecule has 0 amide bonds. The van der Waals surface area contributed by atoms with E-state index in [0.717, 1.165) is 0 Å². The third-order valence-corrected chi connectivity index (χ3v) is 4.40. The average molecular weight is 380 g/mol. The molecule has 4 aromatic rings. The number of esters is 1. The van der Waals surface area contributed by atoms with Crippen molar-refractivity contribution >= 4 is 34.0 Å². The molecule has 1 aromatic carbocycles. The summed E-state index contributed by atoms with van der Waals surface area (Å²) >= 11 is 0. The van der Waals surface area contributed by atoms with Crippen LogP contribution in [0.1, 0.15) is 23.0 Å². The average Bonchev–Trinajstić information content (AvgIpc) is 3.27. The normalized spacial score (nSPS) is 12.5. The number of aromatic nitrogens is 3. The molecule has 3 aromatic heterocycles. The molecule has 0 aliphatic heterocycles. The molecule has 0 saturated carbocycles. The summed E-state index contributed by atoms with van der Waals surface area (Å²) in [6, 6.07) is 11.1. The Morgan fingerprint density at radius 1 is 1.21 bits per heavy atom. The minimum absolute atomic E-state index is 0.197. The molecular formula is C20H20N4O4. The highest BCUT2D eigenvalue weighted by atomic mass is 16.6. The SMILES string of the molecule is COC[C@H](C)OC(=O)c1c(N)n(Cc2ccco2)c2nc3ccccc3nc12. The van der Waals surface area contributed by atoms with Crippen LogP contribution in [0.4, 0.5) is 5.82 Å². The molecule has 4 rings (SSSR count). The fourth-order valence-corrected chi connectivity index (χ4v) is 3.15. The van der Waals surface area contributed by atoms with E-state index in [-0.39, 0.29) is 18.0 Å². The molecule has 0 unspecified atom stereocenters. The molecule has 0 saturated heterocycles. The molecule has 2 N–H and O–H groups in total. The Morgan fingerprint density at radius 2 is 1.96 bits per heavy atom. The minimum Gasteiger partial charge on any atom is -0.467 e. The number of methoxy groups -OCH3 is 1. The smallest absolute Gasteiger partial charge is 0.344 e. The molecule has 0 spiro atoms. The summed E-state index contributed by atoms with van der Waals surface area (Å²) in [5.41, 5.74) is 8.83. The molecular weight excluding hydrogens is 360 g/mol. The van der Waals surface area contributed by atoms with E-state index in [1.54, 1.807) is 30.9 Å². The van der Waals surface area contributed by atoms with Crippen LogP contribution in [0.5, 0.6) is 0 Å². The number of carbonyl (C=O) groups excluding carboxylic acids is 1. The maximum absolute atomic E-state index is 12.9. The van der Waals surface area contributed by atoms with Crippen molar-refractivity contribution in [1.82, 2.24) is 14.5 Å². The van der Waals surface area contributed by atoms with Crippen molar-refractivity contribution in [3.8, 4) is 0 Å². The highest BCUT2D eigenvalue weighted by molar-refractivity contribution is 6.08. The van der Waals surface area contributed by atoms with Gasteiger partial charge in [-0.05, 0) is 31.2 Å². The minimum atomic E-state index is -0.560. The molecule has 8 heteroatoms. The molecule has 8 nitrogen and oxygen atoms in total. The number of carbonyl (C=O) groups is 1. The van der Waals surface area contributed by atoms with E-state index < -0.39 is 12.1 Å². The van der Waals surface area contributed by atoms with E-state index in [4.69, 9.17) is 19.6 Å². The maximum atomic E-state index is 12.9. The second-order valence-corrected chi connectivity index (χ2v) is 6.48. The van der Waals surface area contributed by atoms with E-state index in [1.807, 2.05) is 30.3 Å². The zero-order valence-corrected chi connectivity index (χ0v) is 15.6. The first kappa shape index (κ1) is 18.0. The molecule has 28 heavy (non-hydrogen) atoms. The molecule has 0 aliphatic rings. The Hall–Kier alpha value is -3.39. The van der Waals surface area contributed by atoms with Crippen molar-refractivity contribution < 1.29 is 18.7 Å². The van der Waals surface area contributed by atoms with E-state index in [2.05, 4.69) is 9.97 Å². The van der Waals surface area contributed by atoms with E-state index in [0.29, 0.717) is 34.5 Å². The van der Waals surface area contributed by atoms with E-state index in [9.17, 15) is 4.79 Å². The van der Waals surface area contributed by atoms with Gasteiger partial charge in [0, 0.05) is 7.11 Å². The topological polar surface area (TPSA) is 105 Å². The van der Waals surface area contributed by atoms with Crippen LogP contribution in [-0.4, -0.2) is 40.3 Å². The predicted octanol–water partition coefficient (Wildman–Crippen LogP) is 3.00. The highest BCUT2D eigenvalue weighted by Crippen LogP contribution is 2.29. The van der Waals surface area contributed by atoms with E-state index in [1.165, 1.54) is 0 Å². The summed E-state index contributed by atoms with van der Waals surface area (Å²) in [4.78, 5) is 22.2. The van der Waals surface area contributed by atoms with Crippen molar-refractivity contribution in [1.29, 1.82) is 0 Å². The Morgan fingerprint density at radius 3 is 2.64 bits per heavy atom. The molecule has 0 fully saturated rings. The van der Waals surface area contributed by atoms with Crippen LogP contribution >= 0.6 is 0 Å². The number of hydrogen-bond acceptors (Lipinski definition) is 7. The van der Waals surface area contributed by atoms with Gasteiger partial charge in [-0.2, -0.15) is 0 Å². The molecule has 0 radical (unpaired) electrons. The third kappa shape index (κ3) is 3.18. The number of para-hydroxylation sites is 2. The number of ether oxygens (including phenoxy) is 2. The summed E-state index contributed by atoms with van der Waals surface area (Å²) in [5.74, 6) is 0.359. The Balaban J connectivity index is 1.88. The van der Waals surface area contributed by atoms with Crippen LogP contribution < -0.4 is 5.73 Å². The third-order valence-electron chi connectivity index (χ3n) is 4.40. The predicted molar refractivity (Wildman–Crippen MR) is 104 cm³/mol. The molecule has 3 heterocycles. The number of nitrogens with zero attached hydrogens (tertiary/aromatic N) is 3. The first-order valence-electron chi connectivity index (χ1n) is 8.85. The van der Waals surface area contributed by atoms with Crippen molar-refractivity contribution in [3.05, 3.63) is 54.0 Å².